The van der Waals surface area contributed by atoms with Crippen molar-refractivity contribution in [3.8, 4) is 11.3 Å². The summed E-state index contributed by atoms with van der Waals surface area (Å²) in [6, 6.07) is 11.1. The lowest BCUT2D eigenvalue weighted by molar-refractivity contribution is -0.116. The molecule has 6 nitrogen and oxygen atoms in total. The van der Waals surface area contributed by atoms with Gasteiger partial charge in [-0.2, -0.15) is 0 Å². The molecule has 4 rings (SSSR count). The monoisotopic (exact) mass is 469 g/mol. The minimum atomic E-state index is -3.45. The largest absolute Gasteiger partial charge is 0.302 e. The van der Waals surface area contributed by atoms with Crippen molar-refractivity contribution in [2.24, 2.45) is 0 Å². The van der Waals surface area contributed by atoms with Crippen molar-refractivity contribution < 1.29 is 13.2 Å². The van der Waals surface area contributed by atoms with Gasteiger partial charge in [-0.1, -0.05) is 18.2 Å². The van der Waals surface area contributed by atoms with Gasteiger partial charge in [-0.15, -0.1) is 11.3 Å². The van der Waals surface area contributed by atoms with E-state index in [0.29, 0.717) is 18.0 Å². The molecule has 0 saturated heterocycles. The average Bonchev–Trinajstić information content (AvgIpc) is 3.43. The van der Waals surface area contributed by atoms with Crippen LogP contribution in [-0.4, -0.2) is 25.4 Å². The Labute approximate surface area is 193 Å². The third-order valence-electron chi connectivity index (χ3n) is 5.64. The lowest BCUT2D eigenvalue weighted by atomic mass is 9.99. The number of hydrogen-bond acceptors (Lipinski definition) is 5. The predicted octanol–water partition coefficient (Wildman–Crippen LogP) is 4.75. The molecule has 0 aliphatic heterocycles. The molecule has 1 aliphatic carbocycles. The molecule has 3 aromatic rings. The summed E-state index contributed by atoms with van der Waals surface area (Å²) in [5.41, 5.74) is 6.48. The molecular weight excluding hydrogens is 442 g/mol. The van der Waals surface area contributed by atoms with Gasteiger partial charge in [0.15, 0.2) is 5.13 Å². The van der Waals surface area contributed by atoms with Gasteiger partial charge >= 0.3 is 0 Å². The van der Waals surface area contributed by atoms with Crippen molar-refractivity contribution in [1.82, 2.24) is 9.71 Å². The van der Waals surface area contributed by atoms with E-state index in [1.807, 2.05) is 5.38 Å². The van der Waals surface area contributed by atoms with Crippen LogP contribution in [0.1, 0.15) is 41.5 Å². The number of nitrogens with one attached hydrogen (secondary N) is 2. The normalized spacial score (nSPS) is 13.8. The summed E-state index contributed by atoms with van der Waals surface area (Å²) in [7, 11) is -3.45. The number of aryl methyl sites for hydroxylation is 4. The smallest absolute Gasteiger partial charge is 0.240 e. The molecule has 2 N–H and O–H groups in total. The summed E-state index contributed by atoms with van der Waals surface area (Å²) in [6.07, 6.45) is 2.62. The standard InChI is InChI=1S/C24H27N3O3S2/c1-15-12-17(3)21(13-16(15)2)22-14-31-24(25-22)26-23(28)11-6-18-4-9-20(10-5-18)32(29,30)27-19-7-8-19/h4-5,9-10,12-14,19,27H,6-8,11H2,1-3H3,(H,25,26,28). The minimum Gasteiger partial charge on any atom is -0.302 e. The third kappa shape index (κ3) is 5.43. The van der Waals surface area contributed by atoms with Crippen LogP contribution in [0.3, 0.4) is 0 Å². The van der Waals surface area contributed by atoms with Crippen LogP contribution in [0.2, 0.25) is 0 Å². The van der Waals surface area contributed by atoms with Crippen LogP contribution in [0.5, 0.6) is 0 Å². The first-order valence-corrected chi connectivity index (χ1v) is 13.0. The zero-order valence-corrected chi connectivity index (χ0v) is 20.1. The fourth-order valence-electron chi connectivity index (χ4n) is 3.45. The molecule has 1 aliphatic rings. The van der Waals surface area contributed by atoms with Crippen LogP contribution in [0, 0.1) is 20.8 Å². The van der Waals surface area contributed by atoms with Crippen molar-refractivity contribution in [3.05, 3.63) is 64.0 Å². The number of aromatic nitrogens is 1. The highest BCUT2D eigenvalue weighted by atomic mass is 32.2. The van der Waals surface area contributed by atoms with Crippen LogP contribution < -0.4 is 10.0 Å². The average molecular weight is 470 g/mol. The summed E-state index contributed by atoms with van der Waals surface area (Å²) in [5.74, 6) is -0.116. The number of benzene rings is 2. The summed E-state index contributed by atoms with van der Waals surface area (Å²) >= 11 is 1.41. The quantitative estimate of drug-likeness (QED) is 0.498. The lowest BCUT2D eigenvalue weighted by Crippen LogP contribution is -2.25. The van der Waals surface area contributed by atoms with Crippen LogP contribution >= 0.6 is 11.3 Å². The van der Waals surface area contributed by atoms with Crippen molar-refractivity contribution in [2.45, 2.75) is 57.4 Å². The van der Waals surface area contributed by atoms with Gasteiger partial charge in [-0.3, -0.25) is 4.79 Å². The number of sulfonamides is 1. The zero-order valence-electron chi connectivity index (χ0n) is 18.4. The maximum absolute atomic E-state index is 12.4. The Morgan fingerprint density at radius 3 is 2.44 bits per heavy atom. The first kappa shape index (κ1) is 22.6. The second-order valence-corrected chi connectivity index (χ2v) is 10.9. The Bertz CT molecular complexity index is 1240. The number of amides is 1. The molecule has 1 heterocycles. The minimum absolute atomic E-state index is 0.0775. The van der Waals surface area contributed by atoms with Gasteiger partial charge in [0.1, 0.15) is 0 Å². The fourth-order valence-corrected chi connectivity index (χ4v) is 5.49. The Kier molecular flexibility index (Phi) is 6.46. The molecule has 2 aromatic carbocycles. The van der Waals surface area contributed by atoms with Gasteiger partial charge in [-0.05, 0) is 80.5 Å². The highest BCUT2D eigenvalue weighted by Gasteiger charge is 2.27. The van der Waals surface area contributed by atoms with Gasteiger partial charge in [0.05, 0.1) is 10.6 Å². The Balaban J connectivity index is 1.33. The number of carbonyl (C=O) groups excluding carboxylic acids is 1. The molecule has 0 bridgehead atoms. The molecular formula is C24H27N3O3S2. The summed E-state index contributed by atoms with van der Waals surface area (Å²) < 4.78 is 27.2. The number of anilines is 1. The van der Waals surface area contributed by atoms with E-state index in [-0.39, 0.29) is 16.8 Å². The van der Waals surface area contributed by atoms with Crippen molar-refractivity contribution in [2.75, 3.05) is 5.32 Å². The third-order valence-corrected chi connectivity index (χ3v) is 7.93. The van der Waals surface area contributed by atoms with Gasteiger partial charge < -0.3 is 5.32 Å². The molecule has 0 spiro atoms. The van der Waals surface area contributed by atoms with E-state index in [1.165, 1.54) is 22.5 Å². The van der Waals surface area contributed by atoms with Crippen molar-refractivity contribution in [3.63, 3.8) is 0 Å². The van der Waals surface area contributed by atoms with E-state index >= 15 is 0 Å². The first-order chi connectivity index (χ1) is 15.2. The van der Waals surface area contributed by atoms with E-state index in [0.717, 1.165) is 35.2 Å². The Hall–Kier alpha value is -2.55. The predicted molar refractivity (Wildman–Crippen MR) is 128 cm³/mol. The number of rotatable bonds is 8. The molecule has 8 heteroatoms. The molecule has 1 saturated carbocycles. The molecule has 0 atom stereocenters. The van der Waals surface area contributed by atoms with Crippen LogP contribution in [-0.2, 0) is 21.2 Å². The van der Waals surface area contributed by atoms with E-state index in [1.54, 1.807) is 24.3 Å². The molecule has 1 fully saturated rings. The molecule has 32 heavy (non-hydrogen) atoms. The highest BCUT2D eigenvalue weighted by Crippen LogP contribution is 2.29. The summed E-state index contributed by atoms with van der Waals surface area (Å²) in [4.78, 5) is 17.2. The molecule has 1 aromatic heterocycles. The Morgan fingerprint density at radius 1 is 1.06 bits per heavy atom. The van der Waals surface area contributed by atoms with Crippen molar-refractivity contribution >= 4 is 32.4 Å². The SMILES string of the molecule is Cc1cc(C)c(-c2csc(NC(=O)CCc3ccc(S(=O)(=O)NC4CC4)cc3)n2)cc1C. The molecule has 168 valence electrons. The van der Waals surface area contributed by atoms with Gasteiger partial charge in [-0.25, -0.2) is 18.1 Å². The summed E-state index contributed by atoms with van der Waals surface area (Å²) in [5, 5.41) is 5.41. The lowest BCUT2D eigenvalue weighted by Gasteiger charge is -2.08. The highest BCUT2D eigenvalue weighted by molar-refractivity contribution is 7.89. The fraction of sp³-hybridized carbons (Fsp3) is 0.333. The maximum atomic E-state index is 12.4. The van der Waals surface area contributed by atoms with Crippen LogP contribution in [0.4, 0.5) is 5.13 Å². The Morgan fingerprint density at radius 2 is 1.75 bits per heavy atom. The zero-order chi connectivity index (χ0) is 22.9. The number of hydrogen-bond donors (Lipinski definition) is 2. The second-order valence-electron chi connectivity index (χ2n) is 8.38. The number of nitrogens with zero attached hydrogens (tertiary/aromatic N) is 1. The summed E-state index contributed by atoms with van der Waals surface area (Å²) in [6.45, 7) is 6.24. The van der Waals surface area contributed by atoms with Gasteiger partial charge in [0.2, 0.25) is 15.9 Å². The molecule has 1 amide bonds. The molecule has 0 unspecified atom stereocenters. The first-order valence-electron chi connectivity index (χ1n) is 10.7. The van der Waals surface area contributed by atoms with E-state index < -0.39 is 10.0 Å². The van der Waals surface area contributed by atoms with Gasteiger partial charge in [0.25, 0.3) is 0 Å². The van der Waals surface area contributed by atoms with Crippen LogP contribution in [0.15, 0.2) is 46.7 Å². The van der Waals surface area contributed by atoms with E-state index in [2.05, 4.69) is 47.9 Å². The number of carbonyl (C=O) groups is 1. The second kappa shape index (κ2) is 9.13. The van der Waals surface area contributed by atoms with Crippen LogP contribution in [0.25, 0.3) is 11.3 Å². The van der Waals surface area contributed by atoms with E-state index in [9.17, 15) is 13.2 Å². The van der Waals surface area contributed by atoms with Gasteiger partial charge in [0, 0.05) is 23.4 Å². The number of thiazole rings is 1. The maximum Gasteiger partial charge on any atom is 0.240 e. The van der Waals surface area contributed by atoms with E-state index in [4.69, 9.17) is 0 Å². The molecule has 0 radical (unpaired) electrons. The topological polar surface area (TPSA) is 88.2 Å². The van der Waals surface area contributed by atoms with Crippen molar-refractivity contribution in [1.29, 1.82) is 0 Å².